The number of benzene rings is 2. The van der Waals surface area contributed by atoms with Gasteiger partial charge in [0.1, 0.15) is 0 Å². The van der Waals surface area contributed by atoms with Crippen LogP contribution >= 0.6 is 11.3 Å². The molecule has 1 amide bonds. The fourth-order valence-electron chi connectivity index (χ4n) is 4.44. The molecule has 35 heavy (non-hydrogen) atoms. The molecule has 3 heterocycles. The van der Waals surface area contributed by atoms with E-state index in [-0.39, 0.29) is 5.91 Å². The summed E-state index contributed by atoms with van der Waals surface area (Å²) in [5.41, 5.74) is 4.28. The van der Waals surface area contributed by atoms with Crippen LogP contribution in [0, 0.1) is 0 Å². The van der Waals surface area contributed by atoms with Gasteiger partial charge < -0.3 is 4.74 Å². The molecule has 1 aliphatic heterocycles. The summed E-state index contributed by atoms with van der Waals surface area (Å²) in [6.07, 6.45) is 1.80. The van der Waals surface area contributed by atoms with Crippen LogP contribution in [0.2, 0.25) is 0 Å². The lowest BCUT2D eigenvalue weighted by Crippen LogP contribution is -2.34. The summed E-state index contributed by atoms with van der Waals surface area (Å²) >= 11 is 1.32. The van der Waals surface area contributed by atoms with Crippen molar-refractivity contribution in [2.45, 2.75) is 39.0 Å². The molecule has 1 atom stereocenters. The lowest BCUT2D eigenvalue weighted by molar-refractivity contribution is -0.124. The Morgan fingerprint density at radius 1 is 1.14 bits per heavy atom. The summed E-state index contributed by atoms with van der Waals surface area (Å²) in [6, 6.07) is 17.9. The number of pyridine rings is 1. The summed E-state index contributed by atoms with van der Waals surface area (Å²) in [5, 5.41) is 5.73. The highest BCUT2D eigenvalue weighted by atomic mass is 32.1. The first-order valence-corrected chi connectivity index (χ1v) is 12.6. The highest BCUT2D eigenvalue weighted by Gasteiger charge is 2.29. The number of carbonyl (C=O) groups excluding carboxylic acids is 2. The third kappa shape index (κ3) is 5.08. The largest absolute Gasteiger partial charge is 0.449 e. The number of esters is 1. The molecule has 0 fully saturated rings. The van der Waals surface area contributed by atoms with Crippen molar-refractivity contribution in [1.29, 1.82) is 0 Å². The smallest absolute Gasteiger partial charge is 0.340 e. The molecule has 0 radical (unpaired) electrons. The van der Waals surface area contributed by atoms with Gasteiger partial charge in [-0.05, 0) is 18.1 Å². The van der Waals surface area contributed by atoms with Crippen molar-refractivity contribution in [3.05, 3.63) is 88.6 Å². The van der Waals surface area contributed by atoms with Gasteiger partial charge in [-0.1, -0.05) is 55.5 Å². The number of anilines is 1. The van der Waals surface area contributed by atoms with Gasteiger partial charge in [0, 0.05) is 54.3 Å². The predicted molar refractivity (Wildman–Crippen MR) is 136 cm³/mol. The van der Waals surface area contributed by atoms with Gasteiger partial charge in [-0.15, -0.1) is 11.3 Å². The number of thiazole rings is 1. The van der Waals surface area contributed by atoms with Crippen molar-refractivity contribution in [1.82, 2.24) is 14.9 Å². The molecule has 0 bridgehead atoms. The SMILES string of the molecule is CCC(OC(=O)c1c2c(nc3ccccc13)CCN(Cc1ccccc1)C2)C(=O)Nc1nccs1. The highest BCUT2D eigenvalue weighted by Crippen LogP contribution is 2.30. The summed E-state index contributed by atoms with van der Waals surface area (Å²) in [5.74, 6) is -0.878. The number of rotatable bonds is 7. The van der Waals surface area contributed by atoms with Gasteiger partial charge in [-0.2, -0.15) is 0 Å². The molecule has 0 saturated heterocycles. The number of hydrogen-bond donors (Lipinski definition) is 1. The van der Waals surface area contributed by atoms with Gasteiger partial charge in [-0.3, -0.25) is 20.0 Å². The van der Waals surface area contributed by atoms with Gasteiger partial charge >= 0.3 is 5.97 Å². The van der Waals surface area contributed by atoms with Crippen molar-refractivity contribution in [2.75, 3.05) is 11.9 Å². The Balaban J connectivity index is 1.45. The lowest BCUT2D eigenvalue weighted by Gasteiger charge is -2.30. The van der Waals surface area contributed by atoms with Crippen LogP contribution in [0.1, 0.15) is 40.5 Å². The number of aromatic nitrogens is 2. The number of para-hydroxylation sites is 1. The van der Waals surface area contributed by atoms with E-state index in [1.54, 1.807) is 11.6 Å². The van der Waals surface area contributed by atoms with Gasteiger partial charge in [0.25, 0.3) is 5.91 Å². The third-order valence-corrected chi connectivity index (χ3v) is 6.84. The zero-order valence-electron chi connectivity index (χ0n) is 19.4. The van der Waals surface area contributed by atoms with Crippen molar-refractivity contribution < 1.29 is 14.3 Å². The van der Waals surface area contributed by atoms with E-state index in [0.717, 1.165) is 41.7 Å². The first kappa shape index (κ1) is 23.1. The number of nitrogens with zero attached hydrogens (tertiary/aromatic N) is 3. The van der Waals surface area contributed by atoms with E-state index in [9.17, 15) is 9.59 Å². The molecule has 8 heteroatoms. The van der Waals surface area contributed by atoms with Crippen LogP contribution in [0.15, 0.2) is 66.2 Å². The van der Waals surface area contributed by atoms with E-state index < -0.39 is 12.1 Å². The van der Waals surface area contributed by atoms with E-state index in [1.165, 1.54) is 16.9 Å². The average Bonchev–Trinajstić information content (AvgIpc) is 3.39. The Morgan fingerprint density at radius 3 is 2.71 bits per heavy atom. The molecule has 1 aliphatic rings. The molecule has 1 unspecified atom stereocenters. The number of ether oxygens (including phenoxy) is 1. The average molecular weight is 487 g/mol. The maximum Gasteiger partial charge on any atom is 0.340 e. The number of nitrogens with one attached hydrogen (secondary N) is 1. The summed E-state index contributed by atoms with van der Waals surface area (Å²) in [6.45, 7) is 4.06. The van der Waals surface area contributed by atoms with Crippen LogP contribution in [0.5, 0.6) is 0 Å². The second-order valence-electron chi connectivity index (χ2n) is 8.50. The summed E-state index contributed by atoms with van der Waals surface area (Å²) in [7, 11) is 0. The van der Waals surface area contributed by atoms with Gasteiger partial charge in [-0.25, -0.2) is 9.78 Å². The van der Waals surface area contributed by atoms with Crippen molar-refractivity contribution in [2.24, 2.45) is 0 Å². The Hall–Kier alpha value is -3.62. The molecule has 5 rings (SSSR count). The van der Waals surface area contributed by atoms with Crippen LogP contribution in [0.4, 0.5) is 5.13 Å². The summed E-state index contributed by atoms with van der Waals surface area (Å²) in [4.78, 5) is 37.6. The predicted octanol–water partition coefficient (Wildman–Crippen LogP) is 4.82. The number of carbonyl (C=O) groups is 2. The molecule has 2 aromatic carbocycles. The minimum atomic E-state index is -0.919. The topological polar surface area (TPSA) is 84.4 Å². The van der Waals surface area contributed by atoms with E-state index in [1.807, 2.05) is 49.4 Å². The zero-order valence-corrected chi connectivity index (χ0v) is 20.3. The van der Waals surface area contributed by atoms with Gasteiger partial charge in [0.2, 0.25) is 0 Å². The van der Waals surface area contributed by atoms with Gasteiger partial charge in [0.15, 0.2) is 11.2 Å². The van der Waals surface area contributed by atoms with E-state index in [4.69, 9.17) is 9.72 Å². The Morgan fingerprint density at radius 2 is 1.94 bits per heavy atom. The fourth-order valence-corrected chi connectivity index (χ4v) is 4.97. The maximum absolute atomic E-state index is 13.6. The van der Waals surface area contributed by atoms with E-state index in [0.29, 0.717) is 23.7 Å². The van der Waals surface area contributed by atoms with Crippen LogP contribution in [0.25, 0.3) is 10.9 Å². The number of fused-ring (bicyclic) bond motifs is 2. The molecular formula is C27H26N4O3S. The second-order valence-corrected chi connectivity index (χ2v) is 9.40. The molecule has 2 aromatic heterocycles. The minimum absolute atomic E-state index is 0.355. The first-order chi connectivity index (χ1) is 17.1. The molecule has 178 valence electrons. The Labute approximate surface area is 207 Å². The lowest BCUT2D eigenvalue weighted by atomic mass is 9.95. The van der Waals surface area contributed by atoms with Crippen LogP contribution in [0.3, 0.4) is 0 Å². The highest BCUT2D eigenvalue weighted by molar-refractivity contribution is 7.13. The standard InChI is InChI=1S/C27H26N4O3S/c1-2-23(25(32)30-27-28-13-15-35-27)34-26(33)24-19-10-6-7-11-21(19)29-22-12-14-31(17-20(22)24)16-18-8-4-3-5-9-18/h3-11,13,15,23H,2,12,14,16-17H2,1H3,(H,28,30,32). The first-order valence-electron chi connectivity index (χ1n) is 11.7. The zero-order chi connectivity index (χ0) is 24.2. The molecule has 4 aromatic rings. The number of amides is 1. The molecule has 0 aliphatic carbocycles. The second kappa shape index (κ2) is 10.3. The third-order valence-electron chi connectivity index (χ3n) is 6.15. The van der Waals surface area contributed by atoms with Crippen molar-refractivity contribution in [3.63, 3.8) is 0 Å². The van der Waals surface area contributed by atoms with E-state index in [2.05, 4.69) is 27.3 Å². The Bertz CT molecular complexity index is 1340. The minimum Gasteiger partial charge on any atom is -0.449 e. The normalized spacial score (nSPS) is 14.3. The molecule has 0 saturated carbocycles. The maximum atomic E-state index is 13.6. The van der Waals surface area contributed by atoms with Crippen LogP contribution in [-0.2, 0) is 29.0 Å². The molecule has 0 spiro atoms. The quantitative estimate of drug-likeness (QED) is 0.377. The summed E-state index contributed by atoms with van der Waals surface area (Å²) < 4.78 is 5.80. The monoisotopic (exact) mass is 486 g/mol. The Kier molecular flexibility index (Phi) is 6.83. The van der Waals surface area contributed by atoms with Crippen molar-refractivity contribution >= 4 is 39.2 Å². The van der Waals surface area contributed by atoms with Crippen LogP contribution < -0.4 is 5.32 Å². The molecule has 1 N–H and O–H groups in total. The van der Waals surface area contributed by atoms with Crippen molar-refractivity contribution in [3.8, 4) is 0 Å². The number of hydrogen-bond acceptors (Lipinski definition) is 7. The molecular weight excluding hydrogens is 460 g/mol. The van der Waals surface area contributed by atoms with Gasteiger partial charge in [0.05, 0.1) is 11.1 Å². The van der Waals surface area contributed by atoms with E-state index >= 15 is 0 Å². The van der Waals surface area contributed by atoms with Crippen LogP contribution in [-0.4, -0.2) is 39.4 Å². The molecule has 7 nitrogen and oxygen atoms in total. The fraction of sp³-hybridized carbons (Fsp3) is 0.259.